The van der Waals surface area contributed by atoms with Gasteiger partial charge in [-0.15, -0.1) is 0 Å². The molecule has 29 heavy (non-hydrogen) atoms. The molecule has 0 saturated carbocycles. The van der Waals surface area contributed by atoms with E-state index in [1.165, 1.54) is 0 Å². The van der Waals surface area contributed by atoms with E-state index in [9.17, 15) is 4.79 Å². The summed E-state index contributed by atoms with van der Waals surface area (Å²) in [6.07, 6.45) is 3.13. The summed E-state index contributed by atoms with van der Waals surface area (Å²) in [6.45, 7) is 2.03. The second kappa shape index (κ2) is 8.20. The number of hydrogen-bond donors (Lipinski definition) is 1. The largest absolute Gasteiger partial charge is 0.290 e. The monoisotopic (exact) mass is 400 g/mol. The number of anilines is 1. The van der Waals surface area contributed by atoms with E-state index < -0.39 is 0 Å². The molecule has 2 aromatic heterocycles. The lowest BCUT2D eigenvalue weighted by Crippen LogP contribution is -2.14. The number of nitrogens with zero attached hydrogens (tertiary/aromatic N) is 3. The van der Waals surface area contributed by atoms with Gasteiger partial charge in [-0.25, -0.2) is 9.97 Å². The highest BCUT2D eigenvalue weighted by Gasteiger charge is 2.12. The van der Waals surface area contributed by atoms with Gasteiger partial charge in [0.05, 0.1) is 11.4 Å². The molecule has 0 aliphatic heterocycles. The van der Waals surface area contributed by atoms with Crippen LogP contribution >= 0.6 is 11.6 Å². The molecule has 6 heteroatoms. The van der Waals surface area contributed by atoms with E-state index in [1.54, 1.807) is 36.7 Å². The van der Waals surface area contributed by atoms with Crippen LogP contribution in [0.1, 0.15) is 15.9 Å². The Kier molecular flexibility index (Phi) is 5.31. The molecule has 1 amide bonds. The number of rotatable bonds is 4. The predicted octanol–water partition coefficient (Wildman–Crippen LogP) is 5.42. The minimum Gasteiger partial charge on any atom is -0.290 e. The van der Waals surface area contributed by atoms with E-state index in [2.05, 4.69) is 20.3 Å². The third kappa shape index (κ3) is 4.47. The van der Waals surface area contributed by atoms with Gasteiger partial charge in [-0.05, 0) is 37.3 Å². The summed E-state index contributed by atoms with van der Waals surface area (Å²) in [5.41, 5.74) is 4.87. The number of hydrogen-bond acceptors (Lipinski definition) is 4. The first-order chi connectivity index (χ1) is 14.1. The van der Waals surface area contributed by atoms with E-state index in [-0.39, 0.29) is 11.9 Å². The summed E-state index contributed by atoms with van der Waals surface area (Å²) >= 11 is 6.01. The fourth-order valence-corrected chi connectivity index (χ4v) is 2.95. The van der Waals surface area contributed by atoms with Crippen molar-refractivity contribution in [2.75, 3.05) is 5.32 Å². The highest BCUT2D eigenvalue weighted by molar-refractivity contribution is 6.30. The number of carbonyl (C=O) groups excluding carboxylic acids is 1. The Morgan fingerprint density at radius 2 is 1.38 bits per heavy atom. The topological polar surface area (TPSA) is 67.8 Å². The summed E-state index contributed by atoms with van der Waals surface area (Å²) in [7, 11) is 0. The molecule has 2 aromatic carbocycles. The highest BCUT2D eigenvalue weighted by Crippen LogP contribution is 2.26. The number of aryl methyl sites for hydroxylation is 1. The SMILES string of the molecule is Cc1ccc(-c2cc(-c3ccc(Cl)cc3)nc(NC(=O)c3ccncc3)n2)cc1. The molecule has 4 aromatic rings. The minimum absolute atomic E-state index is 0.231. The minimum atomic E-state index is -0.296. The predicted molar refractivity (Wildman–Crippen MR) is 115 cm³/mol. The molecule has 0 atom stereocenters. The lowest BCUT2D eigenvalue weighted by molar-refractivity contribution is 0.102. The van der Waals surface area contributed by atoms with Crippen molar-refractivity contribution in [3.8, 4) is 22.5 Å². The van der Waals surface area contributed by atoms with E-state index in [4.69, 9.17) is 11.6 Å². The highest BCUT2D eigenvalue weighted by atomic mass is 35.5. The van der Waals surface area contributed by atoms with Crippen LogP contribution < -0.4 is 5.32 Å². The molecule has 5 nitrogen and oxygen atoms in total. The zero-order valence-electron chi connectivity index (χ0n) is 15.6. The zero-order valence-corrected chi connectivity index (χ0v) is 16.4. The number of halogens is 1. The molecule has 0 aliphatic rings. The number of pyridine rings is 1. The Hall–Kier alpha value is -3.57. The summed E-state index contributed by atoms with van der Waals surface area (Å²) < 4.78 is 0. The number of aromatic nitrogens is 3. The molecule has 2 heterocycles. The lowest BCUT2D eigenvalue weighted by atomic mass is 10.1. The van der Waals surface area contributed by atoms with Gasteiger partial charge < -0.3 is 0 Å². The van der Waals surface area contributed by atoms with Gasteiger partial charge >= 0.3 is 0 Å². The summed E-state index contributed by atoms with van der Waals surface area (Å²) in [5, 5.41) is 3.43. The molecule has 0 aliphatic carbocycles. The van der Waals surface area contributed by atoms with Crippen molar-refractivity contribution in [3.63, 3.8) is 0 Å². The molecular weight excluding hydrogens is 384 g/mol. The Morgan fingerprint density at radius 3 is 1.97 bits per heavy atom. The third-order valence-corrected chi connectivity index (χ3v) is 4.63. The Balaban J connectivity index is 1.76. The molecular formula is C23H17ClN4O. The maximum absolute atomic E-state index is 12.6. The lowest BCUT2D eigenvalue weighted by Gasteiger charge is -2.10. The van der Waals surface area contributed by atoms with Crippen molar-refractivity contribution in [2.24, 2.45) is 0 Å². The van der Waals surface area contributed by atoms with Gasteiger partial charge in [-0.1, -0.05) is 53.6 Å². The Labute approximate surface area is 173 Å². The number of benzene rings is 2. The van der Waals surface area contributed by atoms with Gasteiger partial charge in [-0.2, -0.15) is 0 Å². The van der Waals surface area contributed by atoms with Crippen molar-refractivity contribution in [2.45, 2.75) is 6.92 Å². The van der Waals surface area contributed by atoms with E-state index in [0.717, 1.165) is 22.4 Å². The fraction of sp³-hybridized carbons (Fsp3) is 0.0435. The van der Waals surface area contributed by atoms with Crippen LogP contribution in [0.5, 0.6) is 0 Å². The van der Waals surface area contributed by atoms with Crippen molar-refractivity contribution in [1.29, 1.82) is 0 Å². The fourth-order valence-electron chi connectivity index (χ4n) is 2.82. The average Bonchev–Trinajstić information content (AvgIpc) is 2.75. The van der Waals surface area contributed by atoms with E-state index in [0.29, 0.717) is 16.3 Å². The summed E-state index contributed by atoms with van der Waals surface area (Å²) in [4.78, 5) is 25.6. The molecule has 0 radical (unpaired) electrons. The first kappa shape index (κ1) is 18.8. The van der Waals surface area contributed by atoms with Crippen LogP contribution in [-0.4, -0.2) is 20.9 Å². The van der Waals surface area contributed by atoms with Gasteiger partial charge in [0.1, 0.15) is 0 Å². The first-order valence-corrected chi connectivity index (χ1v) is 9.40. The van der Waals surface area contributed by atoms with Crippen molar-refractivity contribution >= 4 is 23.5 Å². The van der Waals surface area contributed by atoms with Gasteiger partial charge in [0, 0.05) is 34.1 Å². The molecule has 4 rings (SSSR count). The second-order valence-electron chi connectivity index (χ2n) is 6.52. The van der Waals surface area contributed by atoms with Gasteiger partial charge in [0.15, 0.2) is 0 Å². The molecule has 1 N–H and O–H groups in total. The van der Waals surface area contributed by atoms with Crippen LogP contribution in [0.15, 0.2) is 79.1 Å². The third-order valence-electron chi connectivity index (χ3n) is 4.38. The molecule has 0 saturated heterocycles. The van der Waals surface area contributed by atoms with E-state index in [1.807, 2.05) is 49.4 Å². The normalized spacial score (nSPS) is 10.6. The van der Waals surface area contributed by atoms with Gasteiger partial charge in [-0.3, -0.25) is 15.1 Å². The maximum Gasteiger partial charge on any atom is 0.258 e. The van der Waals surface area contributed by atoms with Crippen LogP contribution in [0.25, 0.3) is 22.5 Å². The summed E-state index contributed by atoms with van der Waals surface area (Å²) in [6, 6.07) is 20.6. The molecule has 0 fully saturated rings. The van der Waals surface area contributed by atoms with Crippen LogP contribution in [-0.2, 0) is 0 Å². The van der Waals surface area contributed by atoms with Crippen molar-refractivity contribution in [3.05, 3.63) is 95.3 Å². The van der Waals surface area contributed by atoms with Crippen LogP contribution in [0.3, 0.4) is 0 Å². The Bertz CT molecular complexity index is 1080. The van der Waals surface area contributed by atoms with Crippen molar-refractivity contribution < 1.29 is 4.79 Å². The first-order valence-electron chi connectivity index (χ1n) is 9.02. The van der Waals surface area contributed by atoms with Crippen molar-refractivity contribution in [1.82, 2.24) is 15.0 Å². The van der Waals surface area contributed by atoms with Crippen LogP contribution in [0.2, 0.25) is 5.02 Å². The van der Waals surface area contributed by atoms with Gasteiger partial charge in [0.25, 0.3) is 5.91 Å². The number of amides is 1. The molecule has 0 bridgehead atoms. The molecule has 142 valence electrons. The number of nitrogens with one attached hydrogen (secondary N) is 1. The Morgan fingerprint density at radius 1 is 0.828 bits per heavy atom. The summed E-state index contributed by atoms with van der Waals surface area (Å²) in [5.74, 6) is -0.0645. The second-order valence-corrected chi connectivity index (χ2v) is 6.96. The standard InChI is InChI=1S/C23H17ClN4O/c1-15-2-4-16(5-3-15)20-14-21(17-6-8-19(24)9-7-17)27-23(26-20)28-22(29)18-10-12-25-13-11-18/h2-14H,1H3,(H,26,27,28,29). The zero-order chi connectivity index (χ0) is 20.2. The van der Waals surface area contributed by atoms with Crippen LogP contribution in [0, 0.1) is 6.92 Å². The maximum atomic E-state index is 12.6. The molecule has 0 unspecified atom stereocenters. The average molecular weight is 401 g/mol. The van der Waals surface area contributed by atoms with Crippen LogP contribution in [0.4, 0.5) is 5.95 Å². The molecule has 0 spiro atoms. The van der Waals surface area contributed by atoms with E-state index >= 15 is 0 Å². The smallest absolute Gasteiger partial charge is 0.258 e. The number of carbonyl (C=O) groups is 1. The van der Waals surface area contributed by atoms with Gasteiger partial charge in [0.2, 0.25) is 5.95 Å². The quantitative estimate of drug-likeness (QED) is 0.496.